The summed E-state index contributed by atoms with van der Waals surface area (Å²) in [7, 11) is 0. The molecule has 2 heterocycles. The Morgan fingerprint density at radius 1 is 1.25 bits per heavy atom. The molecule has 2 atom stereocenters. The van der Waals surface area contributed by atoms with Crippen LogP contribution >= 0.6 is 0 Å². The quantitative estimate of drug-likeness (QED) is 0.890. The second-order valence-corrected chi connectivity index (χ2v) is 6.78. The fraction of sp³-hybridized carbons (Fsp3) is 0.632. The first kappa shape index (κ1) is 17.4. The van der Waals surface area contributed by atoms with Crippen molar-refractivity contribution in [3.63, 3.8) is 0 Å². The van der Waals surface area contributed by atoms with Crippen LogP contribution in [0.4, 0.5) is 0 Å². The van der Waals surface area contributed by atoms with Gasteiger partial charge in [-0.2, -0.15) is 0 Å². The third-order valence-electron chi connectivity index (χ3n) is 5.34. The lowest BCUT2D eigenvalue weighted by atomic mass is 9.79. The second kappa shape index (κ2) is 7.64. The summed E-state index contributed by atoms with van der Waals surface area (Å²) in [5.41, 5.74) is 0.0624. The summed E-state index contributed by atoms with van der Waals surface area (Å²) in [6.45, 7) is 5.69. The van der Waals surface area contributed by atoms with Gasteiger partial charge in [-0.3, -0.25) is 9.69 Å². The number of aliphatic hydroxyl groups is 1. The molecule has 0 aliphatic carbocycles. The van der Waals surface area contributed by atoms with Crippen LogP contribution in [0.15, 0.2) is 30.3 Å². The summed E-state index contributed by atoms with van der Waals surface area (Å²) in [5.74, 6) is 0.0242. The normalized spacial score (nSPS) is 28.2. The SMILES string of the molecule is CCOCC(=O)N1CCC(O)(c2ccccc2)C(N2CCCC2)C1. The molecule has 0 radical (unpaired) electrons. The highest BCUT2D eigenvalue weighted by Gasteiger charge is 2.47. The molecular weight excluding hydrogens is 304 g/mol. The van der Waals surface area contributed by atoms with Crippen molar-refractivity contribution >= 4 is 5.91 Å². The molecule has 2 unspecified atom stereocenters. The van der Waals surface area contributed by atoms with Crippen molar-refractivity contribution in [1.82, 2.24) is 9.80 Å². The van der Waals surface area contributed by atoms with Crippen molar-refractivity contribution in [2.75, 3.05) is 39.4 Å². The van der Waals surface area contributed by atoms with Gasteiger partial charge in [0.2, 0.25) is 5.91 Å². The molecule has 1 aromatic rings. The molecule has 1 aromatic carbocycles. The Hall–Kier alpha value is -1.43. The van der Waals surface area contributed by atoms with E-state index >= 15 is 0 Å². The molecule has 0 bridgehead atoms. The number of ether oxygens (including phenoxy) is 1. The number of rotatable bonds is 5. The molecule has 5 nitrogen and oxygen atoms in total. The van der Waals surface area contributed by atoms with E-state index < -0.39 is 5.60 Å². The van der Waals surface area contributed by atoms with E-state index in [-0.39, 0.29) is 18.6 Å². The van der Waals surface area contributed by atoms with E-state index in [1.165, 1.54) is 0 Å². The molecule has 1 N–H and O–H groups in total. The zero-order valence-corrected chi connectivity index (χ0v) is 14.5. The van der Waals surface area contributed by atoms with Crippen LogP contribution in [0.5, 0.6) is 0 Å². The Morgan fingerprint density at radius 3 is 2.62 bits per heavy atom. The van der Waals surface area contributed by atoms with Gasteiger partial charge in [-0.15, -0.1) is 0 Å². The first-order valence-corrected chi connectivity index (χ1v) is 9.02. The van der Waals surface area contributed by atoms with Gasteiger partial charge in [-0.1, -0.05) is 30.3 Å². The number of nitrogens with zero attached hydrogens (tertiary/aromatic N) is 2. The van der Waals surface area contributed by atoms with Crippen molar-refractivity contribution < 1.29 is 14.6 Å². The maximum atomic E-state index is 12.4. The van der Waals surface area contributed by atoms with E-state index in [9.17, 15) is 9.90 Å². The summed E-state index contributed by atoms with van der Waals surface area (Å²) in [4.78, 5) is 16.6. The fourth-order valence-electron chi connectivity index (χ4n) is 3.96. The zero-order chi connectivity index (χ0) is 17.0. The number of carbonyl (C=O) groups is 1. The van der Waals surface area contributed by atoms with Gasteiger partial charge >= 0.3 is 0 Å². The van der Waals surface area contributed by atoms with Gasteiger partial charge in [0.05, 0.1) is 6.04 Å². The molecule has 0 spiro atoms. The van der Waals surface area contributed by atoms with Gasteiger partial charge < -0.3 is 14.7 Å². The van der Waals surface area contributed by atoms with Crippen molar-refractivity contribution in [3.8, 4) is 0 Å². The monoisotopic (exact) mass is 332 g/mol. The molecule has 2 fully saturated rings. The second-order valence-electron chi connectivity index (χ2n) is 6.78. The molecule has 5 heteroatoms. The highest BCUT2D eigenvalue weighted by Crippen LogP contribution is 2.37. The summed E-state index contributed by atoms with van der Waals surface area (Å²) >= 11 is 0. The van der Waals surface area contributed by atoms with Crippen molar-refractivity contribution in [2.24, 2.45) is 0 Å². The minimum Gasteiger partial charge on any atom is -0.383 e. The van der Waals surface area contributed by atoms with Crippen LogP contribution < -0.4 is 0 Å². The molecule has 132 valence electrons. The van der Waals surface area contributed by atoms with Crippen LogP contribution in [0.1, 0.15) is 31.7 Å². The van der Waals surface area contributed by atoms with E-state index in [1.54, 1.807) is 0 Å². The van der Waals surface area contributed by atoms with Gasteiger partial charge in [0, 0.05) is 19.7 Å². The average Bonchev–Trinajstić information content (AvgIpc) is 3.15. The van der Waals surface area contributed by atoms with Crippen molar-refractivity contribution in [1.29, 1.82) is 0 Å². The summed E-state index contributed by atoms with van der Waals surface area (Å²) in [6.07, 6.45) is 2.89. The van der Waals surface area contributed by atoms with E-state index in [4.69, 9.17) is 4.74 Å². The number of likely N-dealkylation sites (tertiary alicyclic amines) is 2. The van der Waals surface area contributed by atoms with Crippen molar-refractivity contribution in [2.45, 2.75) is 37.8 Å². The third kappa shape index (κ3) is 3.48. The van der Waals surface area contributed by atoms with Crippen LogP contribution in [-0.4, -0.2) is 66.2 Å². The van der Waals surface area contributed by atoms with Gasteiger partial charge in [-0.25, -0.2) is 0 Å². The highest BCUT2D eigenvalue weighted by atomic mass is 16.5. The minimum absolute atomic E-state index is 0.0242. The van der Waals surface area contributed by atoms with Crippen LogP contribution in [0, 0.1) is 0 Å². The smallest absolute Gasteiger partial charge is 0.248 e. The molecule has 24 heavy (non-hydrogen) atoms. The summed E-state index contributed by atoms with van der Waals surface area (Å²) < 4.78 is 5.28. The number of carbonyl (C=O) groups excluding carboxylic acids is 1. The maximum Gasteiger partial charge on any atom is 0.248 e. The van der Waals surface area contributed by atoms with Crippen LogP contribution in [0.25, 0.3) is 0 Å². The standard InChI is InChI=1S/C19H28N2O3/c1-2-24-15-18(22)21-13-10-19(23,16-8-4-3-5-9-16)17(14-21)20-11-6-7-12-20/h3-5,8-9,17,23H,2,6-7,10-15H2,1H3. The highest BCUT2D eigenvalue weighted by molar-refractivity contribution is 5.77. The topological polar surface area (TPSA) is 53.0 Å². The average molecular weight is 332 g/mol. The Bertz CT molecular complexity index is 545. The van der Waals surface area contributed by atoms with Crippen LogP contribution in [-0.2, 0) is 15.1 Å². The lowest BCUT2D eigenvalue weighted by molar-refractivity contribution is -0.147. The fourth-order valence-corrected chi connectivity index (χ4v) is 3.96. The van der Waals surface area contributed by atoms with Crippen LogP contribution in [0.3, 0.4) is 0 Å². The van der Waals surface area contributed by atoms with Gasteiger partial charge in [0.25, 0.3) is 0 Å². The largest absolute Gasteiger partial charge is 0.383 e. The zero-order valence-electron chi connectivity index (χ0n) is 14.5. The summed E-state index contributed by atoms with van der Waals surface area (Å²) in [6, 6.07) is 9.86. The van der Waals surface area contributed by atoms with E-state index in [0.717, 1.165) is 31.5 Å². The Morgan fingerprint density at radius 2 is 1.96 bits per heavy atom. The van der Waals surface area contributed by atoms with E-state index in [2.05, 4.69) is 4.90 Å². The Balaban J connectivity index is 1.81. The molecule has 2 aliphatic heterocycles. The number of amides is 1. The lowest BCUT2D eigenvalue weighted by Crippen LogP contribution is -2.61. The van der Waals surface area contributed by atoms with Crippen LogP contribution in [0.2, 0.25) is 0 Å². The number of hydrogen-bond donors (Lipinski definition) is 1. The first-order chi connectivity index (χ1) is 11.6. The van der Waals surface area contributed by atoms with E-state index in [1.807, 2.05) is 42.2 Å². The van der Waals surface area contributed by atoms with Gasteiger partial charge in [0.15, 0.2) is 0 Å². The van der Waals surface area contributed by atoms with E-state index in [0.29, 0.717) is 26.1 Å². The van der Waals surface area contributed by atoms with Gasteiger partial charge in [0.1, 0.15) is 12.2 Å². The lowest BCUT2D eigenvalue weighted by Gasteiger charge is -2.48. The third-order valence-corrected chi connectivity index (χ3v) is 5.34. The minimum atomic E-state index is -0.895. The number of benzene rings is 1. The summed E-state index contributed by atoms with van der Waals surface area (Å²) in [5, 5.41) is 11.5. The molecule has 1 amide bonds. The predicted octanol–water partition coefficient (Wildman–Crippen LogP) is 1.61. The molecule has 2 saturated heterocycles. The Kier molecular flexibility index (Phi) is 5.54. The predicted molar refractivity (Wildman–Crippen MR) is 92.6 cm³/mol. The molecular formula is C19H28N2O3. The molecule has 0 saturated carbocycles. The number of hydrogen-bond acceptors (Lipinski definition) is 4. The first-order valence-electron chi connectivity index (χ1n) is 9.02. The molecule has 0 aromatic heterocycles. The molecule has 3 rings (SSSR count). The number of piperidine rings is 1. The maximum absolute atomic E-state index is 12.4. The van der Waals surface area contributed by atoms with Gasteiger partial charge in [-0.05, 0) is 44.8 Å². The Labute approximate surface area is 144 Å². The van der Waals surface area contributed by atoms with Crippen molar-refractivity contribution in [3.05, 3.63) is 35.9 Å². The molecule has 2 aliphatic rings.